The van der Waals surface area contributed by atoms with Gasteiger partial charge in [-0.25, -0.2) is 9.97 Å². The lowest BCUT2D eigenvalue weighted by atomic mass is 10.3. The number of aromatic nitrogens is 2. The van der Waals surface area contributed by atoms with Crippen LogP contribution >= 0.6 is 11.3 Å². The van der Waals surface area contributed by atoms with Gasteiger partial charge < -0.3 is 14.5 Å². The van der Waals surface area contributed by atoms with Crippen LogP contribution in [-0.4, -0.2) is 36.8 Å². The topological polar surface area (TPSA) is 60.2 Å². The van der Waals surface area contributed by atoms with Gasteiger partial charge in [0.2, 0.25) is 0 Å². The molecular weight excluding hydrogens is 250 g/mol. The zero-order valence-electron chi connectivity index (χ0n) is 10.6. The summed E-state index contributed by atoms with van der Waals surface area (Å²) < 4.78 is 10.7. The quantitative estimate of drug-likeness (QED) is 0.776. The van der Waals surface area contributed by atoms with Crippen molar-refractivity contribution in [3.63, 3.8) is 0 Å². The third-order valence-corrected chi connectivity index (χ3v) is 3.46. The molecule has 0 aromatic carbocycles. The third kappa shape index (κ3) is 3.38. The molecule has 0 saturated carbocycles. The highest BCUT2D eigenvalue weighted by molar-refractivity contribution is 7.13. The molecule has 5 nitrogen and oxygen atoms in total. The summed E-state index contributed by atoms with van der Waals surface area (Å²) in [4.78, 5) is 9.53. The minimum absolute atomic E-state index is 0.719. The van der Waals surface area contributed by atoms with Crippen LogP contribution in [0.25, 0.3) is 10.6 Å². The van der Waals surface area contributed by atoms with Gasteiger partial charge in [0.1, 0.15) is 0 Å². The van der Waals surface area contributed by atoms with Gasteiger partial charge in [-0.1, -0.05) is 0 Å². The summed E-state index contributed by atoms with van der Waals surface area (Å²) in [6.07, 6.45) is 2.55. The largest absolute Gasteiger partial charge is 0.440 e. The molecule has 0 spiro atoms. The van der Waals surface area contributed by atoms with Gasteiger partial charge in [0.05, 0.1) is 28.9 Å². The molecular formula is C12H17N3O2S. The van der Waals surface area contributed by atoms with Crippen LogP contribution in [0.15, 0.2) is 16.1 Å². The molecule has 2 rings (SSSR count). The Balaban J connectivity index is 1.85. The molecule has 0 amide bonds. The molecule has 0 saturated heterocycles. The van der Waals surface area contributed by atoms with E-state index in [2.05, 4.69) is 15.3 Å². The molecule has 2 aromatic rings. The van der Waals surface area contributed by atoms with Gasteiger partial charge in [0.15, 0.2) is 11.7 Å². The average molecular weight is 267 g/mol. The summed E-state index contributed by atoms with van der Waals surface area (Å²) in [7, 11) is 1.69. The van der Waals surface area contributed by atoms with Crippen LogP contribution in [0.4, 0.5) is 0 Å². The van der Waals surface area contributed by atoms with E-state index in [1.165, 1.54) is 0 Å². The fourth-order valence-corrected chi connectivity index (χ4v) is 2.31. The summed E-state index contributed by atoms with van der Waals surface area (Å²) in [5.74, 6) is 1.56. The lowest BCUT2D eigenvalue weighted by molar-refractivity contribution is 0.199. The van der Waals surface area contributed by atoms with Crippen LogP contribution in [0.5, 0.6) is 0 Å². The van der Waals surface area contributed by atoms with E-state index < -0.39 is 0 Å². The molecule has 0 unspecified atom stereocenters. The van der Waals surface area contributed by atoms with Gasteiger partial charge in [-0.05, 0) is 6.92 Å². The summed E-state index contributed by atoms with van der Waals surface area (Å²) in [5, 5.41) is 3.26. The van der Waals surface area contributed by atoms with Crippen molar-refractivity contribution < 1.29 is 9.15 Å². The normalized spacial score (nSPS) is 11.0. The van der Waals surface area contributed by atoms with Crippen LogP contribution < -0.4 is 5.32 Å². The van der Waals surface area contributed by atoms with Gasteiger partial charge in [0.25, 0.3) is 0 Å². The summed E-state index contributed by atoms with van der Waals surface area (Å²) in [6, 6.07) is 0. The van der Waals surface area contributed by atoms with Crippen LogP contribution in [0.1, 0.15) is 11.6 Å². The second-order valence-corrected chi connectivity index (χ2v) is 4.73. The number of oxazole rings is 1. The van der Waals surface area contributed by atoms with Gasteiger partial charge in [0, 0.05) is 26.6 Å². The predicted octanol–water partition coefficient (Wildman–Crippen LogP) is 1.89. The van der Waals surface area contributed by atoms with E-state index in [1.807, 2.05) is 12.4 Å². The SMILES string of the molecule is COCCNCCc1ncc(-c2scnc2C)o1. The second-order valence-electron chi connectivity index (χ2n) is 3.88. The summed E-state index contributed by atoms with van der Waals surface area (Å²) >= 11 is 1.57. The highest BCUT2D eigenvalue weighted by Crippen LogP contribution is 2.27. The Morgan fingerprint density at radius 3 is 3.00 bits per heavy atom. The van der Waals surface area contributed by atoms with E-state index in [-0.39, 0.29) is 0 Å². The molecule has 6 heteroatoms. The van der Waals surface area contributed by atoms with E-state index in [0.717, 1.165) is 48.3 Å². The zero-order chi connectivity index (χ0) is 12.8. The fraction of sp³-hybridized carbons (Fsp3) is 0.500. The smallest absolute Gasteiger partial charge is 0.196 e. The van der Waals surface area contributed by atoms with E-state index in [9.17, 15) is 0 Å². The first-order chi connectivity index (χ1) is 8.81. The van der Waals surface area contributed by atoms with Crippen molar-refractivity contribution in [2.45, 2.75) is 13.3 Å². The minimum Gasteiger partial charge on any atom is -0.440 e. The van der Waals surface area contributed by atoms with E-state index in [0.29, 0.717) is 0 Å². The van der Waals surface area contributed by atoms with Crippen LogP contribution in [-0.2, 0) is 11.2 Å². The van der Waals surface area contributed by atoms with Gasteiger partial charge >= 0.3 is 0 Å². The molecule has 18 heavy (non-hydrogen) atoms. The highest BCUT2D eigenvalue weighted by atomic mass is 32.1. The average Bonchev–Trinajstić information content (AvgIpc) is 2.97. The number of hydrogen-bond donors (Lipinski definition) is 1. The van der Waals surface area contributed by atoms with Crippen molar-refractivity contribution in [3.8, 4) is 10.6 Å². The number of rotatable bonds is 7. The Bertz CT molecular complexity index is 481. The van der Waals surface area contributed by atoms with Crippen molar-refractivity contribution in [3.05, 3.63) is 23.3 Å². The first kappa shape index (κ1) is 13.2. The Kier molecular flexibility index (Phi) is 4.86. The fourth-order valence-electron chi connectivity index (χ4n) is 1.56. The molecule has 1 N–H and O–H groups in total. The Morgan fingerprint density at radius 1 is 1.39 bits per heavy atom. The van der Waals surface area contributed by atoms with E-state index in [1.54, 1.807) is 24.6 Å². The minimum atomic E-state index is 0.719. The van der Waals surface area contributed by atoms with Crippen molar-refractivity contribution in [1.82, 2.24) is 15.3 Å². The van der Waals surface area contributed by atoms with Crippen molar-refractivity contribution >= 4 is 11.3 Å². The monoisotopic (exact) mass is 267 g/mol. The van der Waals surface area contributed by atoms with Gasteiger partial charge in [-0.2, -0.15) is 0 Å². The molecule has 0 bridgehead atoms. The maximum Gasteiger partial charge on any atom is 0.196 e. The first-order valence-corrected chi connectivity index (χ1v) is 6.74. The molecule has 0 aliphatic carbocycles. The first-order valence-electron chi connectivity index (χ1n) is 5.86. The van der Waals surface area contributed by atoms with Crippen molar-refractivity contribution in [1.29, 1.82) is 0 Å². The molecule has 0 fully saturated rings. The molecule has 0 aliphatic rings. The maximum absolute atomic E-state index is 5.70. The summed E-state index contributed by atoms with van der Waals surface area (Å²) in [6.45, 7) is 4.38. The molecule has 0 aliphatic heterocycles. The maximum atomic E-state index is 5.70. The number of nitrogens with zero attached hydrogens (tertiary/aromatic N) is 2. The lowest BCUT2D eigenvalue weighted by Crippen LogP contribution is -2.21. The lowest BCUT2D eigenvalue weighted by Gasteiger charge is -2.01. The van der Waals surface area contributed by atoms with Gasteiger partial charge in [-0.15, -0.1) is 11.3 Å². The number of nitrogens with one attached hydrogen (secondary N) is 1. The molecule has 0 atom stereocenters. The van der Waals surface area contributed by atoms with Crippen molar-refractivity contribution in [2.24, 2.45) is 0 Å². The highest BCUT2D eigenvalue weighted by Gasteiger charge is 2.10. The summed E-state index contributed by atoms with van der Waals surface area (Å²) in [5.41, 5.74) is 2.81. The molecule has 2 aromatic heterocycles. The molecule has 98 valence electrons. The molecule has 2 heterocycles. The molecule has 0 radical (unpaired) electrons. The number of thiazole rings is 1. The van der Waals surface area contributed by atoms with Crippen LogP contribution in [0.3, 0.4) is 0 Å². The predicted molar refractivity (Wildman–Crippen MR) is 70.8 cm³/mol. The Hall–Kier alpha value is -1.24. The van der Waals surface area contributed by atoms with E-state index in [4.69, 9.17) is 9.15 Å². The second kappa shape index (κ2) is 6.63. The standard InChI is InChI=1S/C12H17N3O2S/c1-9-12(18-8-15-9)10-7-14-11(17-10)3-4-13-5-6-16-2/h7-8,13H,3-6H2,1-2H3. The van der Waals surface area contributed by atoms with Gasteiger partial charge in [-0.3, -0.25) is 0 Å². The Morgan fingerprint density at radius 2 is 2.28 bits per heavy atom. The van der Waals surface area contributed by atoms with Crippen LogP contribution in [0.2, 0.25) is 0 Å². The number of hydrogen-bond acceptors (Lipinski definition) is 6. The Labute approximate surface area is 110 Å². The van der Waals surface area contributed by atoms with Crippen molar-refractivity contribution in [2.75, 3.05) is 26.8 Å². The zero-order valence-corrected chi connectivity index (χ0v) is 11.4. The number of aryl methyl sites for hydroxylation is 1. The van der Waals surface area contributed by atoms with Crippen LogP contribution in [0, 0.1) is 6.92 Å². The number of methoxy groups -OCH3 is 1. The third-order valence-electron chi connectivity index (χ3n) is 2.52. The van der Waals surface area contributed by atoms with E-state index >= 15 is 0 Å². The number of ether oxygens (including phenoxy) is 1.